The molecule has 2 N–H and O–H groups in total. The Balaban J connectivity index is 2.20. The number of aryl methyl sites for hydroxylation is 1. The Bertz CT molecular complexity index is 1430. The number of hydrogen-bond acceptors (Lipinski definition) is 7. The maximum absolute atomic E-state index is 13.1. The predicted octanol–water partition coefficient (Wildman–Crippen LogP) is 3.40. The molecule has 0 aliphatic rings. The highest BCUT2D eigenvalue weighted by Gasteiger charge is 2.26. The summed E-state index contributed by atoms with van der Waals surface area (Å²) in [5.41, 5.74) is 7.27. The highest BCUT2D eigenvalue weighted by molar-refractivity contribution is 6.10. The van der Waals surface area contributed by atoms with Gasteiger partial charge in [0.2, 0.25) is 5.91 Å². The zero-order valence-corrected chi connectivity index (χ0v) is 19.0. The third kappa shape index (κ3) is 4.23. The van der Waals surface area contributed by atoms with Crippen LogP contribution in [0.2, 0.25) is 0 Å². The maximum atomic E-state index is 13.1. The molecule has 0 spiro atoms. The summed E-state index contributed by atoms with van der Waals surface area (Å²) < 4.78 is 6.72. The quantitative estimate of drug-likeness (QED) is 0.337. The molecule has 2 heterocycles. The van der Waals surface area contributed by atoms with Crippen LogP contribution in [-0.2, 0) is 9.53 Å². The molecule has 0 aliphatic heterocycles. The molecular weight excluding hydrogens is 434 g/mol. The van der Waals surface area contributed by atoms with Crippen molar-refractivity contribution in [3.63, 3.8) is 0 Å². The lowest BCUT2D eigenvalue weighted by Gasteiger charge is -2.19. The number of pyridine rings is 1. The number of hydrogen-bond donors (Lipinski definition) is 2. The third-order valence-corrected chi connectivity index (χ3v) is 5.12. The fraction of sp³-hybridized carbons (Fsp3) is 0.160. The molecule has 2 aromatic heterocycles. The van der Waals surface area contributed by atoms with Gasteiger partial charge in [0.25, 0.3) is 0 Å². The van der Waals surface area contributed by atoms with Crippen LogP contribution < -0.4 is 16.5 Å². The Morgan fingerprint density at radius 3 is 2.26 bits per heavy atom. The largest absolute Gasteiger partial charge is 0.462 e. The summed E-state index contributed by atoms with van der Waals surface area (Å²) in [4.78, 5) is 46.7. The lowest BCUT2D eigenvalue weighted by Crippen LogP contribution is -2.31. The highest BCUT2D eigenvalue weighted by Crippen LogP contribution is 2.36. The number of rotatable bonds is 6. The SMILES string of the molecule is CCOC(=O)c1c(C)nc2c(c(NNC(C)=O)nc(=O)n2-c2ccccc2)c1-c1ccccc1. The van der Waals surface area contributed by atoms with Gasteiger partial charge < -0.3 is 4.74 Å². The van der Waals surface area contributed by atoms with Gasteiger partial charge in [0.05, 0.1) is 28.9 Å². The molecule has 34 heavy (non-hydrogen) atoms. The fourth-order valence-corrected chi connectivity index (χ4v) is 3.76. The van der Waals surface area contributed by atoms with Crippen molar-refractivity contribution in [3.05, 3.63) is 82.4 Å². The van der Waals surface area contributed by atoms with E-state index < -0.39 is 11.7 Å². The number of fused-ring (bicyclic) bond motifs is 1. The van der Waals surface area contributed by atoms with Crippen LogP contribution in [0.25, 0.3) is 27.8 Å². The second-order valence-electron chi connectivity index (χ2n) is 7.45. The second-order valence-corrected chi connectivity index (χ2v) is 7.45. The molecule has 9 heteroatoms. The molecule has 0 saturated heterocycles. The predicted molar refractivity (Wildman–Crippen MR) is 129 cm³/mol. The molecule has 172 valence electrons. The minimum Gasteiger partial charge on any atom is -0.462 e. The molecule has 4 aromatic rings. The van der Waals surface area contributed by atoms with Crippen molar-refractivity contribution in [2.45, 2.75) is 20.8 Å². The van der Waals surface area contributed by atoms with E-state index >= 15 is 0 Å². The van der Waals surface area contributed by atoms with Crippen LogP contribution in [0.5, 0.6) is 0 Å². The van der Waals surface area contributed by atoms with E-state index in [0.29, 0.717) is 27.9 Å². The van der Waals surface area contributed by atoms with Gasteiger partial charge in [-0.1, -0.05) is 48.5 Å². The van der Waals surface area contributed by atoms with Gasteiger partial charge in [-0.15, -0.1) is 0 Å². The highest BCUT2D eigenvalue weighted by atomic mass is 16.5. The number of benzene rings is 2. The van der Waals surface area contributed by atoms with Crippen LogP contribution in [0.1, 0.15) is 29.9 Å². The van der Waals surface area contributed by atoms with E-state index in [1.807, 2.05) is 36.4 Å². The van der Waals surface area contributed by atoms with Gasteiger partial charge in [-0.3, -0.25) is 15.6 Å². The molecule has 0 radical (unpaired) electrons. The summed E-state index contributed by atoms with van der Waals surface area (Å²) in [5.74, 6) is -0.857. The van der Waals surface area contributed by atoms with Crippen LogP contribution in [0.15, 0.2) is 65.5 Å². The molecular formula is C25H23N5O4. The van der Waals surface area contributed by atoms with Crippen molar-refractivity contribution in [2.24, 2.45) is 0 Å². The lowest BCUT2D eigenvalue weighted by molar-refractivity contribution is -0.118. The van der Waals surface area contributed by atoms with Crippen LogP contribution in [0.4, 0.5) is 5.82 Å². The average Bonchev–Trinajstić information content (AvgIpc) is 2.83. The second kappa shape index (κ2) is 9.53. The lowest BCUT2D eigenvalue weighted by atomic mass is 9.95. The zero-order valence-electron chi connectivity index (χ0n) is 19.0. The number of para-hydroxylation sites is 1. The van der Waals surface area contributed by atoms with Crippen molar-refractivity contribution in [3.8, 4) is 16.8 Å². The van der Waals surface area contributed by atoms with E-state index in [1.54, 1.807) is 38.1 Å². The third-order valence-electron chi connectivity index (χ3n) is 5.12. The summed E-state index contributed by atoms with van der Waals surface area (Å²) in [6, 6.07) is 18.2. The normalized spacial score (nSPS) is 10.7. The molecule has 0 atom stereocenters. The summed E-state index contributed by atoms with van der Waals surface area (Å²) in [6.45, 7) is 4.93. The smallest absolute Gasteiger partial charge is 0.355 e. The van der Waals surface area contributed by atoms with E-state index in [2.05, 4.69) is 20.8 Å². The summed E-state index contributed by atoms with van der Waals surface area (Å²) in [7, 11) is 0. The van der Waals surface area contributed by atoms with Gasteiger partial charge >= 0.3 is 11.7 Å². The molecule has 0 fully saturated rings. The first-order chi connectivity index (χ1) is 16.4. The number of hydrazine groups is 1. The van der Waals surface area contributed by atoms with Gasteiger partial charge in [-0.2, -0.15) is 4.98 Å². The van der Waals surface area contributed by atoms with Crippen molar-refractivity contribution >= 4 is 28.7 Å². The first kappa shape index (κ1) is 22.7. The Morgan fingerprint density at radius 2 is 1.65 bits per heavy atom. The summed E-state index contributed by atoms with van der Waals surface area (Å²) in [5, 5.41) is 0.386. The number of aromatic nitrogens is 3. The summed E-state index contributed by atoms with van der Waals surface area (Å²) >= 11 is 0. The monoisotopic (exact) mass is 457 g/mol. The first-order valence-corrected chi connectivity index (χ1v) is 10.7. The Labute approximate surface area is 195 Å². The van der Waals surface area contributed by atoms with Crippen LogP contribution in [0, 0.1) is 6.92 Å². The van der Waals surface area contributed by atoms with Crippen molar-refractivity contribution in [1.82, 2.24) is 20.0 Å². The molecule has 4 rings (SSSR count). The van der Waals surface area contributed by atoms with Crippen LogP contribution in [0.3, 0.4) is 0 Å². The van der Waals surface area contributed by atoms with Crippen LogP contribution in [-0.4, -0.2) is 33.0 Å². The molecule has 1 amide bonds. The van der Waals surface area contributed by atoms with Crippen molar-refractivity contribution < 1.29 is 14.3 Å². The Hall–Kier alpha value is -4.53. The molecule has 9 nitrogen and oxygen atoms in total. The van der Waals surface area contributed by atoms with Crippen molar-refractivity contribution in [1.29, 1.82) is 0 Å². The van der Waals surface area contributed by atoms with E-state index in [1.165, 1.54) is 11.5 Å². The molecule has 0 unspecified atom stereocenters. The van der Waals surface area contributed by atoms with Gasteiger partial charge in [0, 0.05) is 12.5 Å². The number of anilines is 1. The van der Waals surface area contributed by atoms with Crippen LogP contribution >= 0.6 is 0 Å². The minimum atomic E-state index is -0.596. The number of esters is 1. The number of carbonyl (C=O) groups is 2. The number of ether oxygens (including phenoxy) is 1. The standard InChI is InChI=1S/C25H23N5O4/c1-4-34-24(32)19-15(2)26-23-21(20(19)17-11-7-5-8-12-17)22(29-28-16(3)31)27-25(33)30(23)18-13-9-6-10-14-18/h5-14H,4H2,1-3H3,(H,28,31)(H,27,29,33). The number of nitrogens with zero attached hydrogens (tertiary/aromatic N) is 3. The van der Waals surface area contributed by atoms with Crippen molar-refractivity contribution in [2.75, 3.05) is 12.0 Å². The molecule has 2 aromatic carbocycles. The molecule has 0 bridgehead atoms. The molecule has 0 aliphatic carbocycles. The fourth-order valence-electron chi connectivity index (χ4n) is 3.76. The summed E-state index contributed by atoms with van der Waals surface area (Å²) in [6.07, 6.45) is 0. The first-order valence-electron chi connectivity index (χ1n) is 10.7. The van der Waals surface area contributed by atoms with E-state index in [4.69, 9.17) is 4.74 Å². The number of carbonyl (C=O) groups excluding carboxylic acids is 2. The Morgan fingerprint density at radius 1 is 1.00 bits per heavy atom. The van der Waals surface area contributed by atoms with E-state index in [9.17, 15) is 14.4 Å². The zero-order chi connectivity index (χ0) is 24.2. The van der Waals surface area contributed by atoms with Gasteiger partial charge in [-0.25, -0.2) is 19.1 Å². The Kier molecular flexibility index (Phi) is 6.35. The average molecular weight is 457 g/mol. The van der Waals surface area contributed by atoms with Gasteiger partial charge in [-0.05, 0) is 31.5 Å². The number of nitrogens with one attached hydrogen (secondary N) is 2. The molecule has 0 saturated carbocycles. The topological polar surface area (TPSA) is 115 Å². The minimum absolute atomic E-state index is 0.0688. The number of amides is 1. The maximum Gasteiger partial charge on any atom is 0.355 e. The van der Waals surface area contributed by atoms with E-state index in [-0.39, 0.29) is 29.5 Å². The van der Waals surface area contributed by atoms with Gasteiger partial charge in [0.15, 0.2) is 11.5 Å². The van der Waals surface area contributed by atoms with E-state index in [0.717, 1.165) is 0 Å². The van der Waals surface area contributed by atoms with Gasteiger partial charge in [0.1, 0.15) is 0 Å².